The van der Waals surface area contributed by atoms with Gasteiger partial charge in [0.2, 0.25) is 10.0 Å². The Hall–Kier alpha value is -1.28. The molecule has 8 heteroatoms. The summed E-state index contributed by atoms with van der Waals surface area (Å²) in [6.45, 7) is 1.32. The van der Waals surface area contributed by atoms with Crippen LogP contribution in [0.2, 0.25) is 0 Å². The predicted octanol–water partition coefficient (Wildman–Crippen LogP) is 1.54. The highest BCUT2D eigenvalue weighted by Crippen LogP contribution is 2.25. The second kappa shape index (κ2) is 3.95. The van der Waals surface area contributed by atoms with Crippen molar-refractivity contribution in [2.75, 3.05) is 0 Å². The number of benzene rings is 1. The Bertz CT molecular complexity index is 496. The van der Waals surface area contributed by atoms with Crippen LogP contribution in [0.1, 0.15) is 5.56 Å². The fourth-order valence-electron chi connectivity index (χ4n) is 1.14. The van der Waals surface area contributed by atoms with Crippen LogP contribution in [0.25, 0.3) is 0 Å². The summed E-state index contributed by atoms with van der Waals surface area (Å²) in [4.78, 5) is -0.234. The second-order valence-electron chi connectivity index (χ2n) is 3.02. The first-order valence-corrected chi connectivity index (χ1v) is 5.53. The monoisotopic (exact) mass is 255 g/mol. The minimum Gasteiger partial charge on any atom is -0.406 e. The molecule has 2 N–H and O–H groups in total. The van der Waals surface area contributed by atoms with Crippen molar-refractivity contribution >= 4 is 10.0 Å². The van der Waals surface area contributed by atoms with Gasteiger partial charge in [-0.05, 0) is 30.7 Å². The van der Waals surface area contributed by atoms with Crippen molar-refractivity contribution < 1.29 is 26.3 Å². The number of rotatable bonds is 2. The highest BCUT2D eigenvalue weighted by molar-refractivity contribution is 7.89. The van der Waals surface area contributed by atoms with Crippen molar-refractivity contribution in [1.82, 2.24) is 0 Å². The molecule has 0 heterocycles. The molecule has 0 amide bonds. The van der Waals surface area contributed by atoms with Gasteiger partial charge in [0, 0.05) is 0 Å². The largest absolute Gasteiger partial charge is 0.573 e. The molecule has 1 aromatic carbocycles. The molecule has 0 radical (unpaired) electrons. The zero-order valence-electron chi connectivity index (χ0n) is 8.08. The number of hydrogen-bond donors (Lipinski definition) is 1. The summed E-state index contributed by atoms with van der Waals surface area (Å²) in [7, 11) is -3.93. The Balaban J connectivity index is 3.10. The normalized spacial score (nSPS) is 12.6. The van der Waals surface area contributed by atoms with E-state index in [0.29, 0.717) is 0 Å². The Morgan fingerprint density at radius 2 is 1.88 bits per heavy atom. The quantitative estimate of drug-likeness (QED) is 0.871. The van der Waals surface area contributed by atoms with Crippen LogP contribution in [-0.2, 0) is 10.0 Å². The van der Waals surface area contributed by atoms with E-state index in [9.17, 15) is 21.6 Å². The topological polar surface area (TPSA) is 69.4 Å². The molecule has 0 saturated carbocycles. The van der Waals surface area contributed by atoms with Gasteiger partial charge in [0.25, 0.3) is 0 Å². The molecule has 1 rings (SSSR count). The van der Waals surface area contributed by atoms with E-state index in [0.717, 1.165) is 18.2 Å². The van der Waals surface area contributed by atoms with E-state index in [4.69, 9.17) is 5.14 Å². The summed E-state index contributed by atoms with van der Waals surface area (Å²) in [5.41, 5.74) is 0.0873. The average Bonchev–Trinajstić information content (AvgIpc) is 1.97. The van der Waals surface area contributed by atoms with E-state index in [-0.39, 0.29) is 10.5 Å². The molecule has 0 bridgehead atoms. The third-order valence-corrected chi connectivity index (χ3v) is 2.76. The number of halogens is 3. The lowest BCUT2D eigenvalue weighted by Crippen LogP contribution is -2.18. The van der Waals surface area contributed by atoms with Crippen molar-refractivity contribution in [3.63, 3.8) is 0 Å². The Morgan fingerprint density at radius 1 is 1.31 bits per heavy atom. The van der Waals surface area contributed by atoms with Crippen LogP contribution in [-0.4, -0.2) is 14.8 Å². The summed E-state index contributed by atoms with van der Waals surface area (Å²) in [5, 5.41) is 4.84. The summed E-state index contributed by atoms with van der Waals surface area (Å²) < 4.78 is 61.1. The zero-order valence-corrected chi connectivity index (χ0v) is 8.89. The fourth-order valence-corrected chi connectivity index (χ4v) is 1.90. The van der Waals surface area contributed by atoms with Crippen LogP contribution in [0.4, 0.5) is 13.2 Å². The summed E-state index contributed by atoms with van der Waals surface area (Å²) in [5.74, 6) is -0.489. The van der Waals surface area contributed by atoms with Crippen molar-refractivity contribution in [2.45, 2.75) is 18.2 Å². The molecule has 1 aromatic rings. The van der Waals surface area contributed by atoms with Gasteiger partial charge in [0.15, 0.2) is 0 Å². The van der Waals surface area contributed by atoms with Crippen LogP contribution < -0.4 is 9.88 Å². The number of sulfonamides is 1. The summed E-state index contributed by atoms with van der Waals surface area (Å²) in [6, 6.07) is 2.80. The van der Waals surface area contributed by atoms with Crippen LogP contribution in [0, 0.1) is 6.92 Å². The minimum atomic E-state index is -4.81. The lowest BCUT2D eigenvalue weighted by Gasteiger charge is -2.10. The maximum atomic E-state index is 11.8. The van der Waals surface area contributed by atoms with E-state index in [1.165, 1.54) is 6.92 Å². The molecule has 0 fully saturated rings. The zero-order chi connectivity index (χ0) is 12.6. The van der Waals surface area contributed by atoms with Crippen molar-refractivity contribution in [3.05, 3.63) is 23.8 Å². The standard InChI is InChI=1S/C8H8F3NO3S/c1-5-4-6(15-8(9,10)11)2-3-7(5)16(12,13)14/h2-4H,1H3,(H2,12,13,14). The molecule has 0 saturated heterocycles. The molecule has 0 aliphatic carbocycles. The maximum absolute atomic E-state index is 11.8. The molecule has 0 aliphatic heterocycles. The van der Waals surface area contributed by atoms with Gasteiger partial charge >= 0.3 is 6.36 Å². The van der Waals surface area contributed by atoms with Crippen LogP contribution in [0.15, 0.2) is 23.1 Å². The van der Waals surface area contributed by atoms with Gasteiger partial charge in [-0.25, -0.2) is 13.6 Å². The number of hydrogen-bond acceptors (Lipinski definition) is 3. The molecule has 16 heavy (non-hydrogen) atoms. The SMILES string of the molecule is Cc1cc(OC(F)(F)F)ccc1S(N)(=O)=O. The Kier molecular flexibility index (Phi) is 3.15. The third kappa shape index (κ3) is 3.38. The minimum absolute atomic E-state index is 0.0873. The number of nitrogens with two attached hydrogens (primary N) is 1. The summed E-state index contributed by atoms with van der Waals surface area (Å²) in [6.07, 6.45) is -4.81. The molecule has 0 unspecified atom stereocenters. The number of ether oxygens (including phenoxy) is 1. The fraction of sp³-hybridized carbons (Fsp3) is 0.250. The molecule has 0 spiro atoms. The average molecular weight is 255 g/mol. The third-order valence-electron chi connectivity index (χ3n) is 1.69. The van der Waals surface area contributed by atoms with E-state index in [1.54, 1.807) is 0 Å². The second-order valence-corrected chi connectivity index (χ2v) is 4.55. The van der Waals surface area contributed by atoms with Gasteiger partial charge in [-0.1, -0.05) is 0 Å². The molecule has 0 aromatic heterocycles. The number of alkyl halides is 3. The van der Waals surface area contributed by atoms with Gasteiger partial charge in [-0.2, -0.15) is 0 Å². The lowest BCUT2D eigenvalue weighted by molar-refractivity contribution is -0.274. The van der Waals surface area contributed by atoms with Crippen LogP contribution >= 0.6 is 0 Å². The van der Waals surface area contributed by atoms with Gasteiger partial charge in [0.1, 0.15) is 5.75 Å². The van der Waals surface area contributed by atoms with E-state index in [1.807, 2.05) is 0 Å². The summed E-state index contributed by atoms with van der Waals surface area (Å²) >= 11 is 0. The van der Waals surface area contributed by atoms with Crippen molar-refractivity contribution in [1.29, 1.82) is 0 Å². The smallest absolute Gasteiger partial charge is 0.406 e. The highest BCUT2D eigenvalue weighted by Gasteiger charge is 2.31. The van der Waals surface area contributed by atoms with E-state index < -0.39 is 22.1 Å². The van der Waals surface area contributed by atoms with Crippen molar-refractivity contribution in [3.8, 4) is 5.75 Å². The first kappa shape index (κ1) is 12.8. The number of aryl methyl sites for hydroxylation is 1. The van der Waals surface area contributed by atoms with Gasteiger partial charge in [-0.15, -0.1) is 13.2 Å². The van der Waals surface area contributed by atoms with E-state index >= 15 is 0 Å². The van der Waals surface area contributed by atoms with Gasteiger partial charge in [-0.3, -0.25) is 0 Å². The van der Waals surface area contributed by atoms with Gasteiger partial charge < -0.3 is 4.74 Å². The predicted molar refractivity (Wildman–Crippen MR) is 49.2 cm³/mol. The first-order chi connectivity index (χ1) is 7.09. The lowest BCUT2D eigenvalue weighted by atomic mass is 10.2. The number of primary sulfonamides is 1. The van der Waals surface area contributed by atoms with Crippen molar-refractivity contribution in [2.24, 2.45) is 5.14 Å². The molecule has 90 valence electrons. The Labute approximate surface area is 89.9 Å². The van der Waals surface area contributed by atoms with E-state index in [2.05, 4.69) is 4.74 Å². The molecular formula is C8H8F3NO3S. The van der Waals surface area contributed by atoms with Crippen LogP contribution in [0.3, 0.4) is 0 Å². The highest BCUT2D eigenvalue weighted by atomic mass is 32.2. The molecular weight excluding hydrogens is 247 g/mol. The molecule has 4 nitrogen and oxygen atoms in total. The Morgan fingerprint density at radius 3 is 2.25 bits per heavy atom. The van der Waals surface area contributed by atoms with Gasteiger partial charge in [0.05, 0.1) is 4.90 Å². The first-order valence-electron chi connectivity index (χ1n) is 3.99. The molecule has 0 aliphatic rings. The molecule has 0 atom stereocenters. The maximum Gasteiger partial charge on any atom is 0.573 e. The van der Waals surface area contributed by atoms with Crippen LogP contribution in [0.5, 0.6) is 5.75 Å².